The van der Waals surface area contributed by atoms with Crippen LogP contribution >= 0.6 is 0 Å². The van der Waals surface area contributed by atoms with Crippen molar-refractivity contribution in [2.24, 2.45) is 29.6 Å². The Hall–Kier alpha value is -0.0400. The van der Waals surface area contributed by atoms with Crippen molar-refractivity contribution in [2.45, 2.75) is 91.9 Å². The highest BCUT2D eigenvalue weighted by Gasteiger charge is 2.43. The summed E-state index contributed by atoms with van der Waals surface area (Å²) >= 11 is 0. The van der Waals surface area contributed by atoms with Gasteiger partial charge < -0.3 is 5.32 Å². The van der Waals surface area contributed by atoms with Gasteiger partial charge >= 0.3 is 0 Å². The van der Waals surface area contributed by atoms with Crippen molar-refractivity contribution in [1.29, 1.82) is 0 Å². The van der Waals surface area contributed by atoms with E-state index in [1.807, 2.05) is 0 Å². The first-order chi connectivity index (χ1) is 10.7. The molecule has 0 aliphatic heterocycles. The second kappa shape index (κ2) is 11.5. The minimum atomic E-state index is 0.922. The molecular formula is C21H43N. The molecule has 0 bridgehead atoms. The normalized spacial score (nSPS) is 27.4. The maximum absolute atomic E-state index is 3.39. The molecule has 5 unspecified atom stereocenters. The highest BCUT2D eigenvalue weighted by atomic mass is 14.8. The van der Waals surface area contributed by atoms with Gasteiger partial charge in [-0.1, -0.05) is 79.1 Å². The molecule has 0 heterocycles. The molecule has 0 saturated heterocycles. The summed E-state index contributed by atoms with van der Waals surface area (Å²) in [5.74, 6) is 4.91. The third-order valence-corrected chi connectivity index (χ3v) is 6.47. The number of hydrogen-bond donors (Lipinski definition) is 1. The lowest BCUT2D eigenvalue weighted by atomic mass is 9.56. The summed E-state index contributed by atoms with van der Waals surface area (Å²) in [6.45, 7) is 10.9. The highest BCUT2D eigenvalue weighted by molar-refractivity contribution is 4.92. The molecule has 1 heteroatoms. The van der Waals surface area contributed by atoms with Gasteiger partial charge in [0.05, 0.1) is 0 Å². The fourth-order valence-corrected chi connectivity index (χ4v) is 4.61. The van der Waals surface area contributed by atoms with Crippen LogP contribution in [0.4, 0.5) is 0 Å². The highest BCUT2D eigenvalue weighted by Crippen LogP contribution is 2.51. The summed E-state index contributed by atoms with van der Waals surface area (Å²) in [5.41, 5.74) is 0. The molecule has 1 rings (SSSR count). The predicted molar refractivity (Wildman–Crippen MR) is 100 cm³/mol. The van der Waals surface area contributed by atoms with Crippen molar-refractivity contribution in [1.82, 2.24) is 5.32 Å². The van der Waals surface area contributed by atoms with Gasteiger partial charge in [-0.25, -0.2) is 0 Å². The molecule has 5 atom stereocenters. The van der Waals surface area contributed by atoms with E-state index in [1.54, 1.807) is 0 Å². The van der Waals surface area contributed by atoms with E-state index in [1.165, 1.54) is 70.8 Å². The third kappa shape index (κ3) is 6.22. The topological polar surface area (TPSA) is 12.0 Å². The number of rotatable bonds is 13. The molecule has 1 aliphatic rings. The Morgan fingerprint density at radius 1 is 0.955 bits per heavy atom. The van der Waals surface area contributed by atoms with Crippen molar-refractivity contribution < 1.29 is 0 Å². The van der Waals surface area contributed by atoms with E-state index in [9.17, 15) is 0 Å². The summed E-state index contributed by atoms with van der Waals surface area (Å²) in [4.78, 5) is 0. The molecule has 1 saturated carbocycles. The van der Waals surface area contributed by atoms with Gasteiger partial charge in [-0.2, -0.15) is 0 Å². The van der Waals surface area contributed by atoms with Crippen LogP contribution in [0.2, 0.25) is 0 Å². The second-order valence-electron chi connectivity index (χ2n) is 8.04. The van der Waals surface area contributed by atoms with E-state index < -0.39 is 0 Å². The first-order valence-corrected chi connectivity index (χ1v) is 10.3. The maximum atomic E-state index is 3.39. The Labute approximate surface area is 141 Å². The Kier molecular flexibility index (Phi) is 10.4. The number of nitrogens with one attached hydrogen (secondary N) is 1. The van der Waals surface area contributed by atoms with Crippen LogP contribution in [-0.2, 0) is 0 Å². The minimum Gasteiger partial charge on any atom is -0.320 e. The Bertz CT molecular complexity index is 263. The minimum absolute atomic E-state index is 0.922. The van der Waals surface area contributed by atoms with E-state index in [-0.39, 0.29) is 0 Å². The van der Waals surface area contributed by atoms with Gasteiger partial charge in [0, 0.05) is 0 Å². The van der Waals surface area contributed by atoms with E-state index in [0.717, 1.165) is 29.6 Å². The van der Waals surface area contributed by atoms with Gasteiger partial charge in [-0.3, -0.25) is 0 Å². The van der Waals surface area contributed by atoms with E-state index in [4.69, 9.17) is 0 Å². The quantitative estimate of drug-likeness (QED) is 0.395. The van der Waals surface area contributed by atoms with Gasteiger partial charge in [0.15, 0.2) is 0 Å². The van der Waals surface area contributed by atoms with Gasteiger partial charge in [-0.15, -0.1) is 0 Å². The van der Waals surface area contributed by atoms with Gasteiger partial charge in [0.2, 0.25) is 0 Å². The first kappa shape index (κ1) is 20.0. The fourth-order valence-electron chi connectivity index (χ4n) is 4.61. The van der Waals surface area contributed by atoms with E-state index in [2.05, 4.69) is 40.1 Å². The van der Waals surface area contributed by atoms with Crippen LogP contribution in [0.5, 0.6) is 0 Å². The Morgan fingerprint density at radius 3 is 2.27 bits per heavy atom. The maximum Gasteiger partial charge on any atom is -0.00491 e. The summed E-state index contributed by atoms with van der Waals surface area (Å²) in [6, 6.07) is 0. The molecule has 0 aromatic rings. The van der Waals surface area contributed by atoms with Crippen LogP contribution in [0, 0.1) is 29.6 Å². The molecule has 132 valence electrons. The first-order valence-electron chi connectivity index (χ1n) is 10.3. The van der Waals surface area contributed by atoms with Crippen LogP contribution < -0.4 is 5.32 Å². The monoisotopic (exact) mass is 309 g/mol. The molecule has 0 amide bonds. The van der Waals surface area contributed by atoms with Crippen molar-refractivity contribution in [3.05, 3.63) is 0 Å². The van der Waals surface area contributed by atoms with Crippen LogP contribution in [0.25, 0.3) is 0 Å². The Balaban J connectivity index is 2.42. The largest absolute Gasteiger partial charge is 0.320 e. The zero-order chi connectivity index (χ0) is 16.4. The molecule has 0 radical (unpaired) electrons. The van der Waals surface area contributed by atoms with Crippen molar-refractivity contribution in [2.75, 3.05) is 13.6 Å². The molecule has 0 aromatic carbocycles. The van der Waals surface area contributed by atoms with Gasteiger partial charge in [-0.05, 0) is 56.0 Å². The fraction of sp³-hybridized carbons (Fsp3) is 1.00. The lowest BCUT2D eigenvalue weighted by Gasteiger charge is -2.50. The smallest absolute Gasteiger partial charge is 0.00491 e. The molecule has 0 spiro atoms. The summed E-state index contributed by atoms with van der Waals surface area (Å²) in [5, 5.41) is 3.39. The van der Waals surface area contributed by atoms with Crippen LogP contribution in [0.1, 0.15) is 91.9 Å². The number of unbranched alkanes of at least 4 members (excludes halogenated alkanes) is 4. The average Bonchev–Trinajstić information content (AvgIpc) is 2.50. The lowest BCUT2D eigenvalue weighted by molar-refractivity contribution is -0.00320. The molecule has 1 nitrogen and oxygen atoms in total. The molecule has 1 aliphatic carbocycles. The number of hydrogen-bond acceptors (Lipinski definition) is 1. The third-order valence-electron chi connectivity index (χ3n) is 6.47. The van der Waals surface area contributed by atoms with E-state index in [0.29, 0.717) is 0 Å². The summed E-state index contributed by atoms with van der Waals surface area (Å²) in [6.07, 6.45) is 14.4. The SMILES string of the molecule is CCCCCC(C)C(C)C1CC(CCCCC)C1CCNC. The van der Waals surface area contributed by atoms with Crippen molar-refractivity contribution in [3.63, 3.8) is 0 Å². The Morgan fingerprint density at radius 2 is 1.64 bits per heavy atom. The summed E-state index contributed by atoms with van der Waals surface area (Å²) in [7, 11) is 2.11. The van der Waals surface area contributed by atoms with E-state index >= 15 is 0 Å². The van der Waals surface area contributed by atoms with Gasteiger partial charge in [0.25, 0.3) is 0 Å². The van der Waals surface area contributed by atoms with Crippen molar-refractivity contribution in [3.8, 4) is 0 Å². The zero-order valence-corrected chi connectivity index (χ0v) is 16.2. The van der Waals surface area contributed by atoms with Crippen LogP contribution in [0.15, 0.2) is 0 Å². The average molecular weight is 310 g/mol. The lowest BCUT2D eigenvalue weighted by Crippen LogP contribution is -2.43. The van der Waals surface area contributed by atoms with Crippen LogP contribution in [0.3, 0.4) is 0 Å². The molecule has 1 N–H and O–H groups in total. The predicted octanol–water partition coefficient (Wildman–Crippen LogP) is 6.28. The molecule has 22 heavy (non-hydrogen) atoms. The van der Waals surface area contributed by atoms with Crippen molar-refractivity contribution >= 4 is 0 Å². The van der Waals surface area contributed by atoms with Crippen LogP contribution in [-0.4, -0.2) is 13.6 Å². The van der Waals surface area contributed by atoms with Gasteiger partial charge in [0.1, 0.15) is 0 Å². The molecule has 1 fully saturated rings. The standard InChI is InChI=1S/C21H43N/c1-6-8-10-12-17(3)18(4)21-16-19(13-11-9-7-2)20(21)14-15-22-5/h17-22H,6-16H2,1-5H3. The zero-order valence-electron chi connectivity index (χ0n) is 16.2. The molecular weight excluding hydrogens is 266 g/mol. The molecule has 0 aromatic heterocycles. The second-order valence-corrected chi connectivity index (χ2v) is 8.04. The summed E-state index contributed by atoms with van der Waals surface area (Å²) < 4.78 is 0.